The zero-order valence-corrected chi connectivity index (χ0v) is 42.7. The maximum atomic E-state index is 14.9. The van der Waals surface area contributed by atoms with E-state index in [9.17, 15) is 38.7 Å². The van der Waals surface area contributed by atoms with Crippen LogP contribution in [0.2, 0.25) is 0 Å². The molecule has 0 fully saturated rings. The summed E-state index contributed by atoms with van der Waals surface area (Å²) < 4.78 is 21.9. The van der Waals surface area contributed by atoms with E-state index in [0.29, 0.717) is 5.56 Å². The second kappa shape index (κ2) is 24.5. The van der Waals surface area contributed by atoms with E-state index in [-0.39, 0.29) is 53.3 Å². The number of hydrogen-bond donors (Lipinski definition) is 6. The third-order valence-electron chi connectivity index (χ3n) is 11.4. The van der Waals surface area contributed by atoms with Crippen molar-refractivity contribution >= 4 is 41.8 Å². The number of alkyl carbamates (subject to hydrolysis) is 2. The molecule has 0 saturated heterocycles. The van der Waals surface area contributed by atoms with E-state index in [1.807, 2.05) is 12.1 Å². The second-order valence-corrected chi connectivity index (χ2v) is 19.5. The molecule has 386 valence electrons. The van der Waals surface area contributed by atoms with Crippen LogP contribution in [-0.2, 0) is 46.2 Å². The van der Waals surface area contributed by atoms with Gasteiger partial charge in [-0.2, -0.15) is 0 Å². The SMILES string of the molecule is CCCCc1ccc(-c2ccc(C(=O)N[C@@H](CNC(=O)OC(C)(C)C)C(=O)N(C)[C@@H]3C(=O)N[C@@H](C)C(=O)N[C@H](C(=O)OC)Cc4ccc(O)c(c4)-c4cc3ccc4OCCNC(=O)OC(C)(C)C)cc2)cc1. The number of nitrogens with one attached hydrogen (secondary N) is 5. The number of carbonyl (C=O) groups excluding carboxylic acids is 7. The molecule has 4 bridgehead atoms. The van der Waals surface area contributed by atoms with E-state index in [1.165, 1.54) is 50.9 Å². The summed E-state index contributed by atoms with van der Waals surface area (Å²) in [5.74, 6) is -3.87. The van der Waals surface area contributed by atoms with Gasteiger partial charge in [0.05, 0.1) is 20.2 Å². The van der Waals surface area contributed by atoms with Crippen molar-refractivity contribution in [1.29, 1.82) is 0 Å². The van der Waals surface area contributed by atoms with E-state index in [1.54, 1.807) is 77.9 Å². The molecule has 6 amide bonds. The van der Waals surface area contributed by atoms with Crippen LogP contribution in [0.3, 0.4) is 0 Å². The number of carbonyl (C=O) groups is 7. The van der Waals surface area contributed by atoms with Crippen LogP contribution < -0.4 is 31.3 Å². The molecule has 5 rings (SSSR count). The van der Waals surface area contributed by atoms with E-state index in [0.717, 1.165) is 35.3 Å². The summed E-state index contributed by atoms with van der Waals surface area (Å²) >= 11 is 0. The average molecular weight is 993 g/mol. The molecule has 4 aromatic carbocycles. The molecule has 0 radical (unpaired) electrons. The lowest BCUT2D eigenvalue weighted by Gasteiger charge is -2.32. The molecule has 0 aromatic heterocycles. The summed E-state index contributed by atoms with van der Waals surface area (Å²) in [5, 5.41) is 24.6. The fourth-order valence-electron chi connectivity index (χ4n) is 7.76. The molecule has 1 aliphatic heterocycles. The molecule has 6 N–H and O–H groups in total. The van der Waals surface area contributed by atoms with Crippen LogP contribution in [0, 0.1) is 0 Å². The maximum Gasteiger partial charge on any atom is 0.407 e. The number of likely N-dealkylation sites (N-methyl/N-ethyl adjacent to an activating group) is 1. The number of methoxy groups -OCH3 is 1. The van der Waals surface area contributed by atoms with Crippen LogP contribution in [0.5, 0.6) is 11.5 Å². The Labute approximate surface area is 420 Å². The number of esters is 1. The zero-order valence-electron chi connectivity index (χ0n) is 42.7. The molecule has 0 unspecified atom stereocenters. The molecular weight excluding hydrogens is 925 g/mol. The van der Waals surface area contributed by atoms with Gasteiger partial charge in [0, 0.05) is 30.2 Å². The van der Waals surface area contributed by atoms with Gasteiger partial charge < -0.3 is 55.5 Å². The normalized spacial score (nSPS) is 16.3. The molecule has 0 saturated carbocycles. The number of phenols is 1. The van der Waals surface area contributed by atoms with Gasteiger partial charge in [-0.3, -0.25) is 19.2 Å². The number of aromatic hydroxyl groups is 1. The van der Waals surface area contributed by atoms with E-state index < -0.39 is 83.7 Å². The van der Waals surface area contributed by atoms with Gasteiger partial charge in [-0.15, -0.1) is 0 Å². The Morgan fingerprint density at radius 3 is 2.03 bits per heavy atom. The molecule has 72 heavy (non-hydrogen) atoms. The number of fused-ring (bicyclic) bond motifs is 5. The third kappa shape index (κ3) is 15.7. The van der Waals surface area contributed by atoms with E-state index in [4.69, 9.17) is 18.9 Å². The fraction of sp³-hybridized carbons (Fsp3) is 0.426. The molecule has 0 spiro atoms. The quantitative estimate of drug-likeness (QED) is 0.0424. The monoisotopic (exact) mass is 992 g/mol. The summed E-state index contributed by atoms with van der Waals surface area (Å²) in [7, 11) is 2.49. The first-order valence-corrected chi connectivity index (χ1v) is 23.9. The third-order valence-corrected chi connectivity index (χ3v) is 11.4. The number of rotatable bonds is 15. The molecule has 4 aromatic rings. The lowest BCUT2D eigenvalue weighted by molar-refractivity contribution is -0.145. The summed E-state index contributed by atoms with van der Waals surface area (Å²) in [6, 6.07) is 18.6. The van der Waals surface area contributed by atoms with Gasteiger partial charge >= 0.3 is 18.2 Å². The van der Waals surface area contributed by atoms with Crippen LogP contribution in [0.4, 0.5) is 9.59 Å². The lowest BCUT2D eigenvalue weighted by Crippen LogP contribution is -2.56. The highest BCUT2D eigenvalue weighted by Gasteiger charge is 2.37. The minimum atomic E-state index is -1.55. The summed E-state index contributed by atoms with van der Waals surface area (Å²) in [6.45, 7) is 13.2. The van der Waals surface area contributed by atoms with Crippen molar-refractivity contribution in [3.8, 4) is 33.8 Å². The number of benzene rings is 4. The van der Waals surface area contributed by atoms with Crippen LogP contribution >= 0.6 is 0 Å². The van der Waals surface area contributed by atoms with Crippen molar-refractivity contribution in [2.45, 2.75) is 116 Å². The molecule has 0 aliphatic carbocycles. The summed E-state index contributed by atoms with van der Waals surface area (Å²) in [5.41, 5.74) is 2.74. The molecule has 1 heterocycles. The van der Waals surface area contributed by atoms with Gasteiger partial charge in [-0.25, -0.2) is 14.4 Å². The van der Waals surface area contributed by atoms with Gasteiger partial charge in [0.2, 0.25) is 17.7 Å². The minimum Gasteiger partial charge on any atom is -0.507 e. The standard InChI is InChI=1S/C54H68N6O12/c1-11-12-13-33-14-17-35(18-15-33)36-19-21-37(22-20-36)47(63)59-42(31-56-52(68)72-54(6,7)8)49(65)60(9)45-38-23-25-44(70-27-26-55-51(67)71-53(3,4)5)40(30-38)39-28-34(16-24-43(39)61)29-41(50(66)69-10)58-46(62)32(2)57-48(45)64/h14-25,28,30,32,41-42,45,61H,11-13,26-27,29,31H2,1-10H3,(H,55,67)(H,56,68)(H,57,64)(H,58,62)(H,59,63)/t32-,41-,42-,45-/m0/s1. The zero-order chi connectivity index (χ0) is 52.9. The fourth-order valence-corrected chi connectivity index (χ4v) is 7.76. The molecule has 18 nitrogen and oxygen atoms in total. The predicted octanol–water partition coefficient (Wildman–Crippen LogP) is 6.51. The molecule has 4 atom stereocenters. The van der Waals surface area contributed by atoms with Crippen LogP contribution in [-0.4, -0.2) is 115 Å². The van der Waals surface area contributed by atoms with Crippen molar-refractivity contribution in [3.05, 3.63) is 107 Å². The van der Waals surface area contributed by atoms with Gasteiger partial charge in [-0.05, 0) is 126 Å². The summed E-state index contributed by atoms with van der Waals surface area (Å²) in [4.78, 5) is 96.8. The van der Waals surface area contributed by atoms with Gasteiger partial charge in [0.15, 0.2) is 0 Å². The summed E-state index contributed by atoms with van der Waals surface area (Å²) in [6.07, 6.45) is 1.56. The number of ether oxygens (including phenoxy) is 4. The first-order chi connectivity index (χ1) is 34.0. The predicted molar refractivity (Wildman–Crippen MR) is 270 cm³/mol. The topological polar surface area (TPSA) is 240 Å². The average Bonchev–Trinajstić information content (AvgIpc) is 3.32. The highest BCUT2D eigenvalue weighted by Crippen LogP contribution is 2.39. The number of phenolic OH excluding ortho intramolecular Hbond substituents is 1. The molecule has 1 aliphatic rings. The number of aryl methyl sites for hydroxylation is 1. The first-order valence-electron chi connectivity index (χ1n) is 23.9. The Bertz CT molecular complexity index is 2590. The minimum absolute atomic E-state index is 0.0182. The Hall–Kier alpha value is -7.63. The van der Waals surface area contributed by atoms with Crippen molar-refractivity contribution in [2.75, 3.05) is 33.9 Å². The largest absolute Gasteiger partial charge is 0.507 e. The van der Waals surface area contributed by atoms with Gasteiger partial charge in [0.1, 0.15) is 53.5 Å². The first kappa shape index (κ1) is 55.3. The van der Waals surface area contributed by atoms with Crippen molar-refractivity contribution in [2.24, 2.45) is 0 Å². The van der Waals surface area contributed by atoms with E-state index >= 15 is 0 Å². The van der Waals surface area contributed by atoms with Gasteiger partial charge in [0.25, 0.3) is 5.91 Å². The number of unbranched alkanes of at least 4 members (excludes halogenated alkanes) is 1. The lowest BCUT2D eigenvalue weighted by atomic mass is 9.93. The Morgan fingerprint density at radius 2 is 1.42 bits per heavy atom. The van der Waals surface area contributed by atoms with Crippen LogP contribution in [0.1, 0.15) is 101 Å². The van der Waals surface area contributed by atoms with E-state index in [2.05, 4.69) is 45.6 Å². The van der Waals surface area contributed by atoms with Gasteiger partial charge in [-0.1, -0.05) is 61.9 Å². The Kier molecular flexibility index (Phi) is 18.8. The van der Waals surface area contributed by atoms with Crippen LogP contribution in [0.25, 0.3) is 22.3 Å². The smallest absolute Gasteiger partial charge is 0.407 e. The highest BCUT2D eigenvalue weighted by molar-refractivity contribution is 6.00. The highest BCUT2D eigenvalue weighted by atomic mass is 16.6. The number of hydrogen-bond acceptors (Lipinski definition) is 12. The maximum absolute atomic E-state index is 14.9. The number of amides is 6. The number of nitrogens with zero attached hydrogens (tertiary/aromatic N) is 1. The molecular formula is C54H68N6O12. The molecule has 18 heteroatoms. The second-order valence-electron chi connectivity index (χ2n) is 19.5. The Balaban J connectivity index is 1.55. The Morgan fingerprint density at radius 1 is 0.792 bits per heavy atom. The van der Waals surface area contributed by atoms with Crippen molar-refractivity contribution in [1.82, 2.24) is 31.5 Å². The van der Waals surface area contributed by atoms with Crippen molar-refractivity contribution in [3.63, 3.8) is 0 Å². The van der Waals surface area contributed by atoms with Crippen molar-refractivity contribution < 1.29 is 57.6 Å². The van der Waals surface area contributed by atoms with Crippen LogP contribution in [0.15, 0.2) is 84.9 Å².